The highest BCUT2D eigenvalue weighted by Gasteiger charge is 2.05. The zero-order chi connectivity index (χ0) is 9.42. The molecule has 2 rings (SSSR count). The van der Waals surface area contributed by atoms with Crippen molar-refractivity contribution in [2.45, 2.75) is 0 Å². The van der Waals surface area contributed by atoms with Gasteiger partial charge in [-0.2, -0.15) is 0 Å². The fourth-order valence-electron chi connectivity index (χ4n) is 0.985. The summed E-state index contributed by atoms with van der Waals surface area (Å²) in [6.07, 6.45) is 0. The Morgan fingerprint density at radius 2 is 2.23 bits per heavy atom. The molecule has 0 amide bonds. The Labute approximate surface area is 79.9 Å². The Bertz CT molecular complexity index is 525. The van der Waals surface area contributed by atoms with Gasteiger partial charge in [0.15, 0.2) is 0 Å². The Balaban J connectivity index is 2.97. The number of nitrogens with zero attached hydrogens (tertiary/aromatic N) is 2. The number of aromatic nitrogens is 3. The van der Waals surface area contributed by atoms with Gasteiger partial charge >= 0.3 is 0 Å². The summed E-state index contributed by atoms with van der Waals surface area (Å²) >= 11 is 2.97. The molecule has 13 heavy (non-hydrogen) atoms. The molecule has 0 bridgehead atoms. The number of fused-ring (bicyclic) bond motifs is 1. The molecule has 0 aliphatic rings. The SMILES string of the molecule is O=c1[nH]nnc2cc(F)c(Br)cc12. The second-order valence-corrected chi connectivity index (χ2v) is 3.28. The van der Waals surface area contributed by atoms with Crippen LogP contribution in [-0.4, -0.2) is 15.4 Å². The van der Waals surface area contributed by atoms with Crippen molar-refractivity contribution in [1.82, 2.24) is 15.4 Å². The van der Waals surface area contributed by atoms with Crippen molar-refractivity contribution in [1.29, 1.82) is 0 Å². The van der Waals surface area contributed by atoms with Crippen molar-refractivity contribution >= 4 is 26.8 Å². The maximum Gasteiger partial charge on any atom is 0.275 e. The lowest BCUT2D eigenvalue weighted by atomic mass is 10.2. The number of nitrogens with one attached hydrogen (secondary N) is 1. The van der Waals surface area contributed by atoms with Crippen LogP contribution in [-0.2, 0) is 0 Å². The van der Waals surface area contributed by atoms with Gasteiger partial charge in [-0.25, -0.2) is 9.49 Å². The van der Waals surface area contributed by atoms with Crippen LogP contribution >= 0.6 is 15.9 Å². The summed E-state index contributed by atoms with van der Waals surface area (Å²) in [5.41, 5.74) is -0.143. The molecule has 0 spiro atoms. The molecule has 1 heterocycles. The Morgan fingerprint density at radius 1 is 1.46 bits per heavy atom. The number of hydrogen-bond donors (Lipinski definition) is 1. The van der Waals surface area contributed by atoms with Gasteiger partial charge in [0, 0.05) is 6.07 Å². The number of benzene rings is 1. The molecule has 0 atom stereocenters. The molecule has 6 heteroatoms. The van der Waals surface area contributed by atoms with Gasteiger partial charge in [0.1, 0.15) is 11.3 Å². The largest absolute Gasteiger partial charge is 0.275 e. The van der Waals surface area contributed by atoms with Crippen molar-refractivity contribution in [3.8, 4) is 0 Å². The van der Waals surface area contributed by atoms with E-state index in [4.69, 9.17) is 0 Å². The molecule has 0 aliphatic heterocycles. The highest BCUT2D eigenvalue weighted by atomic mass is 79.9. The van der Waals surface area contributed by atoms with Crippen LogP contribution < -0.4 is 5.56 Å². The maximum absolute atomic E-state index is 13.0. The van der Waals surface area contributed by atoms with Crippen LogP contribution in [0, 0.1) is 5.82 Å². The third-order valence-electron chi connectivity index (χ3n) is 1.59. The Morgan fingerprint density at radius 3 is 3.00 bits per heavy atom. The third-order valence-corrected chi connectivity index (χ3v) is 2.20. The summed E-state index contributed by atoms with van der Waals surface area (Å²) in [4.78, 5) is 11.1. The average molecular weight is 244 g/mol. The fourth-order valence-corrected chi connectivity index (χ4v) is 1.33. The van der Waals surface area contributed by atoms with E-state index in [1.165, 1.54) is 6.07 Å². The predicted molar refractivity (Wildman–Crippen MR) is 47.8 cm³/mol. The topological polar surface area (TPSA) is 58.6 Å². The number of hydrogen-bond acceptors (Lipinski definition) is 3. The Hall–Kier alpha value is -1.30. The number of rotatable bonds is 0. The van der Waals surface area contributed by atoms with Gasteiger partial charge in [-0.1, -0.05) is 5.21 Å². The summed E-state index contributed by atoms with van der Waals surface area (Å²) < 4.78 is 13.2. The number of halogens is 2. The van der Waals surface area contributed by atoms with E-state index in [1.54, 1.807) is 0 Å². The normalized spacial score (nSPS) is 10.6. The van der Waals surface area contributed by atoms with Gasteiger partial charge in [0.25, 0.3) is 5.56 Å². The van der Waals surface area contributed by atoms with Crippen LogP contribution in [0.25, 0.3) is 10.9 Å². The first-order valence-electron chi connectivity index (χ1n) is 3.38. The second-order valence-electron chi connectivity index (χ2n) is 2.42. The van der Waals surface area contributed by atoms with E-state index in [0.29, 0.717) is 5.39 Å². The van der Waals surface area contributed by atoms with Crippen LogP contribution in [0.15, 0.2) is 21.4 Å². The number of H-pyrrole nitrogens is 1. The molecular formula is C7H3BrFN3O. The van der Waals surface area contributed by atoms with Crippen LogP contribution in [0.2, 0.25) is 0 Å². The van der Waals surface area contributed by atoms with Crippen LogP contribution in [0.5, 0.6) is 0 Å². The minimum Gasteiger partial charge on any atom is -0.267 e. The molecule has 4 nitrogen and oxygen atoms in total. The van der Waals surface area contributed by atoms with Gasteiger partial charge in [0.05, 0.1) is 9.86 Å². The average Bonchev–Trinajstić information content (AvgIpc) is 2.09. The summed E-state index contributed by atoms with van der Waals surface area (Å²) in [6, 6.07) is 2.53. The van der Waals surface area contributed by atoms with Crippen molar-refractivity contribution in [2.75, 3.05) is 0 Å². The molecule has 0 saturated heterocycles. The molecule has 66 valence electrons. The van der Waals surface area contributed by atoms with Crippen molar-refractivity contribution in [3.63, 3.8) is 0 Å². The molecule has 2 aromatic rings. The molecule has 0 fully saturated rings. The van der Waals surface area contributed by atoms with Crippen molar-refractivity contribution in [3.05, 3.63) is 32.8 Å². The standard InChI is InChI=1S/C7H3BrFN3O/c8-4-1-3-6(2-5(4)9)10-12-11-7(3)13/h1-2H,(H,10,11,13). The first kappa shape index (κ1) is 8.31. The van der Waals surface area contributed by atoms with E-state index in [9.17, 15) is 9.18 Å². The van der Waals surface area contributed by atoms with Crippen LogP contribution in [0.1, 0.15) is 0 Å². The summed E-state index contributed by atoms with van der Waals surface area (Å²) in [6.45, 7) is 0. The predicted octanol–water partition coefficient (Wildman–Crippen LogP) is 1.22. The van der Waals surface area contributed by atoms with E-state index in [0.717, 1.165) is 6.07 Å². The highest BCUT2D eigenvalue weighted by molar-refractivity contribution is 9.10. The highest BCUT2D eigenvalue weighted by Crippen LogP contribution is 2.18. The zero-order valence-electron chi connectivity index (χ0n) is 6.21. The molecule has 1 aromatic heterocycles. The molecule has 0 aliphatic carbocycles. The molecular weight excluding hydrogens is 241 g/mol. The maximum atomic E-state index is 13.0. The summed E-state index contributed by atoms with van der Waals surface area (Å²) in [5.74, 6) is -0.465. The van der Waals surface area contributed by atoms with E-state index >= 15 is 0 Å². The van der Waals surface area contributed by atoms with Crippen molar-refractivity contribution in [2.24, 2.45) is 0 Å². The molecule has 0 radical (unpaired) electrons. The lowest BCUT2D eigenvalue weighted by Gasteiger charge is -1.96. The minimum absolute atomic E-state index is 0.235. The third kappa shape index (κ3) is 1.33. The minimum atomic E-state index is -0.465. The monoisotopic (exact) mass is 243 g/mol. The lowest BCUT2D eigenvalue weighted by molar-refractivity contribution is 0.622. The Kier molecular flexibility index (Phi) is 1.84. The first-order valence-corrected chi connectivity index (χ1v) is 4.18. The van der Waals surface area contributed by atoms with Crippen molar-refractivity contribution < 1.29 is 4.39 Å². The molecule has 1 aromatic carbocycles. The van der Waals surface area contributed by atoms with E-state index in [1.807, 2.05) is 0 Å². The summed E-state index contributed by atoms with van der Waals surface area (Å²) in [7, 11) is 0. The quantitative estimate of drug-likeness (QED) is 0.757. The van der Waals surface area contributed by atoms with E-state index in [2.05, 4.69) is 31.3 Å². The van der Waals surface area contributed by atoms with E-state index < -0.39 is 5.82 Å². The fraction of sp³-hybridized carbons (Fsp3) is 0. The van der Waals surface area contributed by atoms with Gasteiger partial charge in [0.2, 0.25) is 0 Å². The van der Waals surface area contributed by atoms with Crippen LogP contribution in [0.3, 0.4) is 0 Å². The molecule has 0 saturated carbocycles. The number of aromatic amines is 1. The first-order chi connectivity index (χ1) is 6.18. The molecule has 1 N–H and O–H groups in total. The smallest absolute Gasteiger partial charge is 0.267 e. The van der Waals surface area contributed by atoms with Gasteiger partial charge in [-0.3, -0.25) is 4.79 Å². The van der Waals surface area contributed by atoms with Crippen LogP contribution in [0.4, 0.5) is 4.39 Å². The molecule has 0 unspecified atom stereocenters. The lowest BCUT2D eigenvalue weighted by Crippen LogP contribution is -2.09. The van der Waals surface area contributed by atoms with Gasteiger partial charge in [-0.15, -0.1) is 5.10 Å². The van der Waals surface area contributed by atoms with Gasteiger partial charge in [-0.05, 0) is 22.0 Å². The second kappa shape index (κ2) is 2.88. The van der Waals surface area contributed by atoms with Gasteiger partial charge < -0.3 is 0 Å². The van der Waals surface area contributed by atoms with E-state index in [-0.39, 0.29) is 15.5 Å². The summed E-state index contributed by atoms with van der Waals surface area (Å²) in [5, 5.41) is 9.36. The zero-order valence-corrected chi connectivity index (χ0v) is 7.80.